The first-order chi connectivity index (χ1) is 6.83. The molecule has 2 heteroatoms. The number of alkyl halides is 1. The molecule has 2 rings (SSSR count). The number of nitrogens with zero attached hydrogens (tertiary/aromatic N) is 1. The predicted molar refractivity (Wildman–Crippen MR) is 55.9 cm³/mol. The molecular weight excluding hydrogens is 177 g/mol. The smallest absolute Gasteiger partial charge is 0.115 e. The number of benzene rings is 1. The van der Waals surface area contributed by atoms with Gasteiger partial charge >= 0.3 is 0 Å². The van der Waals surface area contributed by atoms with Crippen LogP contribution < -0.4 is 0 Å². The van der Waals surface area contributed by atoms with E-state index in [1.807, 2.05) is 12.1 Å². The van der Waals surface area contributed by atoms with Crippen LogP contribution in [0.1, 0.15) is 23.6 Å². The summed E-state index contributed by atoms with van der Waals surface area (Å²) in [5.41, 5.74) is 3.52. The van der Waals surface area contributed by atoms with Crippen LogP contribution in [0.25, 0.3) is 0 Å². The highest BCUT2D eigenvalue weighted by molar-refractivity contribution is 5.33. The van der Waals surface area contributed by atoms with E-state index in [2.05, 4.69) is 17.9 Å². The van der Waals surface area contributed by atoms with Crippen LogP contribution in [0.5, 0.6) is 0 Å². The Morgan fingerprint density at radius 1 is 1.36 bits per heavy atom. The van der Waals surface area contributed by atoms with Crippen molar-refractivity contribution < 1.29 is 4.39 Å². The Morgan fingerprint density at radius 3 is 2.93 bits per heavy atom. The molecule has 0 bridgehead atoms. The van der Waals surface area contributed by atoms with Crippen LogP contribution in [0.4, 0.5) is 4.39 Å². The third-order valence-corrected chi connectivity index (χ3v) is 2.96. The van der Waals surface area contributed by atoms with Gasteiger partial charge in [0.2, 0.25) is 0 Å². The van der Waals surface area contributed by atoms with Crippen molar-refractivity contribution in [1.82, 2.24) is 4.90 Å². The molecule has 0 atom stereocenters. The van der Waals surface area contributed by atoms with Crippen LogP contribution in [0.2, 0.25) is 0 Å². The molecule has 0 aliphatic carbocycles. The van der Waals surface area contributed by atoms with E-state index in [1.165, 1.54) is 11.1 Å². The fourth-order valence-corrected chi connectivity index (χ4v) is 2.02. The molecule has 0 fully saturated rings. The van der Waals surface area contributed by atoms with Gasteiger partial charge in [-0.15, -0.1) is 0 Å². The molecule has 14 heavy (non-hydrogen) atoms. The van der Waals surface area contributed by atoms with Crippen molar-refractivity contribution in [3.05, 3.63) is 34.9 Å². The molecule has 1 heterocycles. The minimum absolute atomic E-state index is 0.342. The standard InChI is InChI=1S/C12H16FN/c1-2-14-6-5-11-7-10(8-13)3-4-12(11)9-14/h3-4,7H,2,5-6,8-9H2,1H3. The molecule has 1 aromatic rings. The van der Waals surface area contributed by atoms with E-state index in [0.717, 1.165) is 31.6 Å². The number of halogens is 1. The van der Waals surface area contributed by atoms with Gasteiger partial charge in [-0.1, -0.05) is 25.1 Å². The molecule has 0 amide bonds. The van der Waals surface area contributed by atoms with Crippen LogP contribution in [-0.4, -0.2) is 18.0 Å². The molecule has 0 spiro atoms. The Balaban J connectivity index is 2.23. The summed E-state index contributed by atoms with van der Waals surface area (Å²) in [5.74, 6) is 0. The average Bonchev–Trinajstić information content (AvgIpc) is 2.27. The van der Waals surface area contributed by atoms with Gasteiger partial charge in [-0.25, -0.2) is 4.39 Å². The van der Waals surface area contributed by atoms with Crippen molar-refractivity contribution in [1.29, 1.82) is 0 Å². The summed E-state index contributed by atoms with van der Waals surface area (Å²) in [7, 11) is 0. The lowest BCUT2D eigenvalue weighted by Crippen LogP contribution is -2.30. The van der Waals surface area contributed by atoms with Crippen molar-refractivity contribution in [3.8, 4) is 0 Å². The minimum atomic E-state index is -0.342. The molecule has 1 aliphatic heterocycles. The Bertz CT molecular complexity index is 322. The van der Waals surface area contributed by atoms with Gasteiger partial charge in [-0.05, 0) is 29.7 Å². The predicted octanol–water partition coefficient (Wildman–Crippen LogP) is 2.53. The molecule has 0 N–H and O–H groups in total. The Morgan fingerprint density at radius 2 is 2.21 bits per heavy atom. The molecule has 76 valence electrons. The normalized spacial score (nSPS) is 16.7. The molecule has 0 saturated heterocycles. The molecule has 0 radical (unpaired) electrons. The van der Waals surface area contributed by atoms with Gasteiger partial charge in [0, 0.05) is 13.1 Å². The summed E-state index contributed by atoms with van der Waals surface area (Å²) in [6.07, 6.45) is 1.07. The summed E-state index contributed by atoms with van der Waals surface area (Å²) < 4.78 is 12.4. The van der Waals surface area contributed by atoms with Crippen molar-refractivity contribution >= 4 is 0 Å². The van der Waals surface area contributed by atoms with Gasteiger partial charge < -0.3 is 0 Å². The van der Waals surface area contributed by atoms with E-state index in [9.17, 15) is 4.39 Å². The maximum Gasteiger partial charge on any atom is 0.115 e. The molecule has 1 nitrogen and oxygen atoms in total. The lowest BCUT2D eigenvalue weighted by atomic mass is 9.98. The Kier molecular flexibility index (Phi) is 2.82. The van der Waals surface area contributed by atoms with E-state index in [4.69, 9.17) is 0 Å². The number of likely N-dealkylation sites (N-methyl/N-ethyl adjacent to an activating group) is 1. The van der Waals surface area contributed by atoms with Crippen LogP contribution >= 0.6 is 0 Å². The van der Waals surface area contributed by atoms with Gasteiger partial charge in [0.1, 0.15) is 6.67 Å². The zero-order valence-corrected chi connectivity index (χ0v) is 8.59. The zero-order chi connectivity index (χ0) is 9.97. The van der Waals surface area contributed by atoms with E-state index < -0.39 is 0 Å². The second-order valence-corrected chi connectivity index (χ2v) is 3.86. The van der Waals surface area contributed by atoms with Crippen molar-refractivity contribution in [2.75, 3.05) is 13.1 Å². The maximum atomic E-state index is 12.4. The fraction of sp³-hybridized carbons (Fsp3) is 0.500. The molecule has 0 unspecified atom stereocenters. The van der Waals surface area contributed by atoms with Crippen LogP contribution in [0.3, 0.4) is 0 Å². The van der Waals surface area contributed by atoms with Crippen molar-refractivity contribution in [2.45, 2.75) is 26.6 Å². The second-order valence-electron chi connectivity index (χ2n) is 3.86. The zero-order valence-electron chi connectivity index (χ0n) is 8.59. The molecule has 1 aromatic carbocycles. The van der Waals surface area contributed by atoms with E-state index in [0.29, 0.717) is 0 Å². The number of hydrogen-bond acceptors (Lipinski definition) is 1. The summed E-state index contributed by atoms with van der Waals surface area (Å²) in [5, 5.41) is 0. The SMILES string of the molecule is CCN1CCc2cc(CF)ccc2C1. The third-order valence-electron chi connectivity index (χ3n) is 2.96. The topological polar surface area (TPSA) is 3.24 Å². The number of rotatable bonds is 2. The van der Waals surface area contributed by atoms with Gasteiger partial charge in [0.25, 0.3) is 0 Å². The fourth-order valence-electron chi connectivity index (χ4n) is 2.02. The van der Waals surface area contributed by atoms with Crippen molar-refractivity contribution in [2.24, 2.45) is 0 Å². The monoisotopic (exact) mass is 193 g/mol. The van der Waals surface area contributed by atoms with Gasteiger partial charge in [-0.2, -0.15) is 0 Å². The lowest BCUT2D eigenvalue weighted by Gasteiger charge is -2.27. The average molecular weight is 193 g/mol. The van der Waals surface area contributed by atoms with E-state index in [1.54, 1.807) is 0 Å². The first kappa shape index (κ1) is 9.66. The summed E-state index contributed by atoms with van der Waals surface area (Å²) in [6.45, 7) is 5.08. The van der Waals surface area contributed by atoms with Crippen LogP contribution in [0, 0.1) is 0 Å². The summed E-state index contributed by atoms with van der Waals surface area (Å²) in [4.78, 5) is 2.41. The van der Waals surface area contributed by atoms with Crippen LogP contribution in [-0.2, 0) is 19.6 Å². The molecule has 0 saturated carbocycles. The first-order valence-electron chi connectivity index (χ1n) is 5.22. The van der Waals surface area contributed by atoms with Gasteiger partial charge in [0.15, 0.2) is 0 Å². The molecule has 0 aromatic heterocycles. The minimum Gasteiger partial charge on any atom is -0.299 e. The van der Waals surface area contributed by atoms with Crippen molar-refractivity contribution in [3.63, 3.8) is 0 Å². The second kappa shape index (κ2) is 4.09. The molecular formula is C12H16FN. The Hall–Kier alpha value is -0.890. The lowest BCUT2D eigenvalue weighted by molar-refractivity contribution is 0.268. The van der Waals surface area contributed by atoms with Gasteiger partial charge in [-0.3, -0.25) is 4.90 Å². The number of hydrogen-bond donors (Lipinski definition) is 0. The third kappa shape index (κ3) is 1.80. The quantitative estimate of drug-likeness (QED) is 0.697. The summed E-state index contributed by atoms with van der Waals surface area (Å²) in [6, 6.07) is 5.99. The maximum absolute atomic E-state index is 12.4. The largest absolute Gasteiger partial charge is 0.299 e. The highest BCUT2D eigenvalue weighted by Gasteiger charge is 2.14. The van der Waals surface area contributed by atoms with Crippen LogP contribution in [0.15, 0.2) is 18.2 Å². The van der Waals surface area contributed by atoms with E-state index >= 15 is 0 Å². The summed E-state index contributed by atoms with van der Waals surface area (Å²) >= 11 is 0. The van der Waals surface area contributed by atoms with E-state index in [-0.39, 0.29) is 6.67 Å². The Labute approximate surface area is 84.5 Å². The highest BCUT2D eigenvalue weighted by atomic mass is 19.1. The number of fused-ring (bicyclic) bond motifs is 1. The molecule has 1 aliphatic rings. The highest BCUT2D eigenvalue weighted by Crippen LogP contribution is 2.20. The van der Waals surface area contributed by atoms with Gasteiger partial charge in [0.05, 0.1) is 0 Å². The first-order valence-corrected chi connectivity index (χ1v) is 5.22.